The summed E-state index contributed by atoms with van der Waals surface area (Å²) >= 11 is 0. The number of aliphatic hydroxyl groups is 1. The zero-order chi connectivity index (χ0) is 13.7. The summed E-state index contributed by atoms with van der Waals surface area (Å²) in [7, 11) is 3.99. The molecule has 1 aliphatic heterocycles. The summed E-state index contributed by atoms with van der Waals surface area (Å²) in [6, 6.07) is 8.32. The van der Waals surface area contributed by atoms with Gasteiger partial charge in [0.15, 0.2) is 0 Å². The molecule has 0 aliphatic carbocycles. The van der Waals surface area contributed by atoms with Crippen LogP contribution in [0.3, 0.4) is 0 Å². The summed E-state index contributed by atoms with van der Waals surface area (Å²) < 4.78 is 5.33. The highest BCUT2D eigenvalue weighted by Crippen LogP contribution is 2.26. The van der Waals surface area contributed by atoms with Gasteiger partial charge in [0.1, 0.15) is 0 Å². The Kier molecular flexibility index (Phi) is 4.80. The van der Waals surface area contributed by atoms with Gasteiger partial charge < -0.3 is 20.1 Å². The van der Waals surface area contributed by atoms with Gasteiger partial charge in [-0.05, 0) is 18.7 Å². The summed E-state index contributed by atoms with van der Waals surface area (Å²) in [6.07, 6.45) is 1.43. The number of hydrogen-bond donors (Lipinski definition) is 2. The lowest BCUT2D eigenvalue weighted by Gasteiger charge is -2.36. The zero-order valence-electron chi connectivity index (χ0n) is 11.9. The number of nitrogens with zero attached hydrogens (tertiary/aromatic N) is 1. The van der Waals surface area contributed by atoms with Gasteiger partial charge in [-0.3, -0.25) is 0 Å². The third-order valence-corrected chi connectivity index (χ3v) is 3.73. The average molecular weight is 264 g/mol. The summed E-state index contributed by atoms with van der Waals surface area (Å²) in [4.78, 5) is 2.15. The second-order valence-electron chi connectivity index (χ2n) is 5.35. The van der Waals surface area contributed by atoms with E-state index in [2.05, 4.69) is 22.3 Å². The molecule has 4 heteroatoms. The molecule has 2 N–H and O–H groups in total. The Morgan fingerprint density at radius 3 is 2.68 bits per heavy atom. The van der Waals surface area contributed by atoms with Crippen molar-refractivity contribution in [3.05, 3.63) is 29.8 Å². The van der Waals surface area contributed by atoms with Crippen LogP contribution in [0.15, 0.2) is 24.3 Å². The van der Waals surface area contributed by atoms with E-state index < -0.39 is 5.60 Å². The lowest BCUT2D eigenvalue weighted by Crippen LogP contribution is -2.46. The Morgan fingerprint density at radius 2 is 2.00 bits per heavy atom. The largest absolute Gasteiger partial charge is 0.388 e. The SMILES string of the molecule is CNCc1ccccc1N(C)CC1(O)CCOCC1. The molecule has 0 unspecified atom stereocenters. The fraction of sp³-hybridized carbons (Fsp3) is 0.600. The molecule has 1 aliphatic rings. The van der Waals surface area contributed by atoms with Gasteiger partial charge in [0.25, 0.3) is 0 Å². The highest BCUT2D eigenvalue weighted by Gasteiger charge is 2.31. The van der Waals surface area contributed by atoms with Crippen LogP contribution >= 0.6 is 0 Å². The van der Waals surface area contributed by atoms with Crippen molar-refractivity contribution >= 4 is 5.69 Å². The normalized spacial score (nSPS) is 18.3. The van der Waals surface area contributed by atoms with Crippen LogP contribution < -0.4 is 10.2 Å². The number of benzene rings is 1. The molecule has 0 bridgehead atoms. The number of para-hydroxylation sites is 1. The van der Waals surface area contributed by atoms with E-state index in [0.717, 1.165) is 6.54 Å². The van der Waals surface area contributed by atoms with E-state index in [4.69, 9.17) is 4.74 Å². The van der Waals surface area contributed by atoms with Gasteiger partial charge in [-0.1, -0.05) is 18.2 Å². The first-order valence-electron chi connectivity index (χ1n) is 6.88. The smallest absolute Gasteiger partial charge is 0.0865 e. The van der Waals surface area contributed by atoms with Crippen LogP contribution in [0.4, 0.5) is 5.69 Å². The molecule has 2 rings (SSSR count). The van der Waals surface area contributed by atoms with Crippen molar-refractivity contribution in [1.82, 2.24) is 5.32 Å². The van der Waals surface area contributed by atoms with Gasteiger partial charge in [-0.25, -0.2) is 0 Å². The van der Waals surface area contributed by atoms with E-state index in [0.29, 0.717) is 32.6 Å². The van der Waals surface area contributed by atoms with Gasteiger partial charge in [0.2, 0.25) is 0 Å². The first-order chi connectivity index (χ1) is 9.14. The quantitative estimate of drug-likeness (QED) is 0.843. The van der Waals surface area contributed by atoms with E-state index in [1.807, 2.05) is 26.2 Å². The molecular weight excluding hydrogens is 240 g/mol. The molecule has 0 atom stereocenters. The van der Waals surface area contributed by atoms with E-state index >= 15 is 0 Å². The minimum Gasteiger partial charge on any atom is -0.388 e. The van der Waals surface area contributed by atoms with Crippen LogP contribution in [-0.2, 0) is 11.3 Å². The predicted octanol–water partition coefficient (Wildman–Crippen LogP) is 1.38. The molecule has 0 radical (unpaired) electrons. The van der Waals surface area contributed by atoms with Gasteiger partial charge in [-0.15, -0.1) is 0 Å². The van der Waals surface area contributed by atoms with Gasteiger partial charge in [0.05, 0.1) is 5.60 Å². The third kappa shape index (κ3) is 3.69. The first kappa shape index (κ1) is 14.3. The fourth-order valence-corrected chi connectivity index (χ4v) is 2.66. The van der Waals surface area contributed by atoms with Crippen LogP contribution in [0.5, 0.6) is 0 Å². The number of ether oxygens (including phenoxy) is 1. The Balaban J connectivity index is 2.08. The van der Waals surface area contributed by atoms with Crippen LogP contribution in [0.1, 0.15) is 18.4 Å². The van der Waals surface area contributed by atoms with Gasteiger partial charge >= 0.3 is 0 Å². The highest BCUT2D eigenvalue weighted by molar-refractivity contribution is 5.53. The maximum atomic E-state index is 10.6. The zero-order valence-corrected chi connectivity index (χ0v) is 11.9. The van der Waals surface area contributed by atoms with Gasteiger partial charge in [-0.2, -0.15) is 0 Å². The molecule has 1 heterocycles. The summed E-state index contributed by atoms with van der Waals surface area (Å²) in [5.41, 5.74) is 1.81. The lowest BCUT2D eigenvalue weighted by atomic mass is 9.93. The molecule has 0 saturated carbocycles. The minimum atomic E-state index is -0.625. The Morgan fingerprint density at radius 1 is 1.32 bits per heavy atom. The molecule has 4 nitrogen and oxygen atoms in total. The molecule has 1 aromatic carbocycles. The van der Waals surface area contributed by atoms with E-state index in [1.54, 1.807) is 0 Å². The molecule has 106 valence electrons. The Labute approximate surface area is 115 Å². The standard InChI is InChI=1S/C15H24N2O2/c1-16-11-13-5-3-4-6-14(13)17(2)12-15(18)7-9-19-10-8-15/h3-6,16,18H,7-12H2,1-2H3. The molecule has 1 aromatic rings. The predicted molar refractivity (Wildman–Crippen MR) is 77.5 cm³/mol. The third-order valence-electron chi connectivity index (χ3n) is 3.73. The van der Waals surface area contributed by atoms with Crippen LogP contribution in [-0.4, -0.2) is 44.6 Å². The Bertz CT molecular complexity index is 403. The summed E-state index contributed by atoms with van der Waals surface area (Å²) in [5.74, 6) is 0. The number of hydrogen-bond acceptors (Lipinski definition) is 4. The average Bonchev–Trinajstić information content (AvgIpc) is 2.40. The number of nitrogens with one attached hydrogen (secondary N) is 1. The first-order valence-corrected chi connectivity index (χ1v) is 6.88. The van der Waals surface area contributed by atoms with Crippen molar-refractivity contribution in [2.75, 3.05) is 38.8 Å². The molecule has 1 fully saturated rings. The summed E-state index contributed by atoms with van der Waals surface area (Å²) in [5, 5.41) is 13.8. The Hall–Kier alpha value is -1.10. The topological polar surface area (TPSA) is 44.7 Å². The van der Waals surface area contributed by atoms with Crippen molar-refractivity contribution in [1.29, 1.82) is 0 Å². The summed E-state index contributed by atoms with van der Waals surface area (Å²) in [6.45, 7) is 2.80. The maximum Gasteiger partial charge on any atom is 0.0865 e. The fourth-order valence-electron chi connectivity index (χ4n) is 2.66. The highest BCUT2D eigenvalue weighted by atomic mass is 16.5. The van der Waals surface area contributed by atoms with Crippen molar-refractivity contribution in [3.63, 3.8) is 0 Å². The van der Waals surface area contributed by atoms with Crippen molar-refractivity contribution in [2.45, 2.75) is 25.0 Å². The lowest BCUT2D eigenvalue weighted by molar-refractivity contribution is -0.0572. The molecule has 19 heavy (non-hydrogen) atoms. The second-order valence-corrected chi connectivity index (χ2v) is 5.35. The van der Waals surface area contributed by atoms with E-state index in [9.17, 15) is 5.11 Å². The van der Waals surface area contributed by atoms with Gasteiger partial charge in [0, 0.05) is 51.9 Å². The van der Waals surface area contributed by atoms with Crippen LogP contribution in [0.2, 0.25) is 0 Å². The van der Waals surface area contributed by atoms with Crippen LogP contribution in [0.25, 0.3) is 0 Å². The molecule has 0 aromatic heterocycles. The molecule has 1 saturated heterocycles. The monoisotopic (exact) mass is 264 g/mol. The maximum absolute atomic E-state index is 10.6. The van der Waals surface area contributed by atoms with E-state index in [-0.39, 0.29) is 0 Å². The van der Waals surface area contributed by atoms with Crippen molar-refractivity contribution < 1.29 is 9.84 Å². The van der Waals surface area contributed by atoms with E-state index in [1.165, 1.54) is 11.3 Å². The van der Waals surface area contributed by atoms with Crippen molar-refractivity contribution in [2.24, 2.45) is 0 Å². The minimum absolute atomic E-state index is 0.625. The molecule has 0 spiro atoms. The number of rotatable bonds is 5. The van der Waals surface area contributed by atoms with Crippen LogP contribution in [0, 0.1) is 0 Å². The van der Waals surface area contributed by atoms with Crippen molar-refractivity contribution in [3.8, 4) is 0 Å². The molecule has 0 amide bonds. The number of anilines is 1. The molecular formula is C15H24N2O2. The second kappa shape index (κ2) is 6.37. The number of likely N-dealkylation sites (N-methyl/N-ethyl adjacent to an activating group) is 1.